The fourth-order valence-electron chi connectivity index (χ4n) is 4.31. The highest BCUT2D eigenvalue weighted by molar-refractivity contribution is 6.46. The van der Waals surface area contributed by atoms with Gasteiger partial charge in [-0.2, -0.15) is 0 Å². The largest absolute Gasteiger partial charge is 0.507 e. The molecule has 34 heavy (non-hydrogen) atoms. The standard InChI is InChI=1S/C26H30N2O6/c1-16(2)33-13-11-28-23(17-6-5-7-19(14-17)32-4)22(25(30)26(28)31)24(29)18-8-9-21-20(15-18)27(3)10-12-34-21/h5-9,14-16,23,29H,10-13H2,1-4H3/b24-22-. The van der Waals surface area contributed by atoms with Crippen LogP contribution < -0.4 is 14.4 Å². The van der Waals surface area contributed by atoms with Crippen molar-refractivity contribution in [1.29, 1.82) is 0 Å². The Morgan fingerprint density at radius 3 is 2.74 bits per heavy atom. The first kappa shape index (κ1) is 23.6. The molecular weight excluding hydrogens is 436 g/mol. The topological polar surface area (TPSA) is 88.5 Å². The minimum Gasteiger partial charge on any atom is -0.507 e. The van der Waals surface area contributed by atoms with Crippen molar-refractivity contribution in [2.45, 2.75) is 26.0 Å². The Hall–Kier alpha value is -3.52. The van der Waals surface area contributed by atoms with E-state index >= 15 is 0 Å². The van der Waals surface area contributed by atoms with Crippen molar-refractivity contribution in [3.8, 4) is 11.5 Å². The smallest absolute Gasteiger partial charge is 0.295 e. The fourth-order valence-corrected chi connectivity index (χ4v) is 4.31. The molecule has 0 bridgehead atoms. The van der Waals surface area contributed by atoms with Gasteiger partial charge >= 0.3 is 0 Å². The summed E-state index contributed by atoms with van der Waals surface area (Å²) in [6, 6.07) is 11.7. The van der Waals surface area contributed by atoms with Crippen LogP contribution in [0, 0.1) is 0 Å². The van der Waals surface area contributed by atoms with E-state index in [1.165, 1.54) is 4.90 Å². The summed E-state index contributed by atoms with van der Waals surface area (Å²) in [6.07, 6.45) is -0.0122. The normalized spacial score (nSPS) is 19.4. The summed E-state index contributed by atoms with van der Waals surface area (Å²) in [4.78, 5) is 29.8. The van der Waals surface area contributed by atoms with Crippen molar-refractivity contribution >= 4 is 23.1 Å². The Bertz CT molecular complexity index is 1130. The summed E-state index contributed by atoms with van der Waals surface area (Å²) in [7, 11) is 3.49. The first-order valence-corrected chi connectivity index (χ1v) is 11.3. The van der Waals surface area contributed by atoms with E-state index in [0.717, 1.165) is 5.69 Å². The van der Waals surface area contributed by atoms with Crippen LogP contribution >= 0.6 is 0 Å². The van der Waals surface area contributed by atoms with Gasteiger partial charge in [0, 0.05) is 19.2 Å². The Kier molecular flexibility index (Phi) is 6.79. The van der Waals surface area contributed by atoms with E-state index < -0.39 is 17.7 Å². The second-order valence-corrected chi connectivity index (χ2v) is 8.64. The number of carbonyl (C=O) groups excluding carboxylic acids is 2. The molecule has 180 valence electrons. The van der Waals surface area contributed by atoms with Crippen LogP contribution in [0.15, 0.2) is 48.0 Å². The Labute approximate surface area is 199 Å². The first-order valence-electron chi connectivity index (χ1n) is 11.3. The summed E-state index contributed by atoms with van der Waals surface area (Å²) in [5, 5.41) is 11.3. The molecule has 0 aromatic heterocycles. The van der Waals surface area contributed by atoms with Gasteiger partial charge in [0.2, 0.25) is 0 Å². The maximum absolute atomic E-state index is 13.2. The van der Waals surface area contributed by atoms with Crippen LogP contribution in [0.4, 0.5) is 5.69 Å². The molecule has 2 aromatic rings. The Balaban J connectivity index is 1.81. The highest BCUT2D eigenvalue weighted by Gasteiger charge is 2.46. The average molecular weight is 467 g/mol. The van der Waals surface area contributed by atoms with Gasteiger partial charge in [0.15, 0.2) is 0 Å². The molecule has 1 saturated heterocycles. The van der Waals surface area contributed by atoms with Crippen molar-refractivity contribution < 1.29 is 28.9 Å². The molecule has 8 nitrogen and oxygen atoms in total. The van der Waals surface area contributed by atoms with E-state index in [9.17, 15) is 14.7 Å². The molecule has 8 heteroatoms. The van der Waals surface area contributed by atoms with E-state index in [1.807, 2.05) is 31.9 Å². The number of carbonyl (C=O) groups is 2. The summed E-state index contributed by atoms with van der Waals surface area (Å²) >= 11 is 0. The number of Topliss-reactive ketones (excluding diaryl/α,β-unsaturated/α-hetero) is 1. The number of methoxy groups -OCH3 is 1. The molecule has 0 saturated carbocycles. The van der Waals surface area contributed by atoms with Gasteiger partial charge in [-0.25, -0.2) is 0 Å². The zero-order valence-electron chi connectivity index (χ0n) is 19.9. The van der Waals surface area contributed by atoms with Gasteiger partial charge in [0.25, 0.3) is 11.7 Å². The van der Waals surface area contributed by atoms with Gasteiger partial charge < -0.3 is 29.1 Å². The highest BCUT2D eigenvalue weighted by Crippen LogP contribution is 2.41. The lowest BCUT2D eigenvalue weighted by atomic mass is 9.95. The van der Waals surface area contributed by atoms with Crippen molar-refractivity contribution in [3.05, 3.63) is 59.2 Å². The van der Waals surface area contributed by atoms with E-state index in [2.05, 4.69) is 0 Å². The van der Waals surface area contributed by atoms with Crippen LogP contribution in [0.3, 0.4) is 0 Å². The number of hydrogen-bond acceptors (Lipinski definition) is 7. The molecule has 2 aromatic carbocycles. The van der Waals surface area contributed by atoms with Crippen LogP contribution in [-0.4, -0.2) is 68.3 Å². The third-order valence-corrected chi connectivity index (χ3v) is 6.06. The van der Waals surface area contributed by atoms with Crippen LogP contribution in [0.5, 0.6) is 11.5 Å². The van der Waals surface area contributed by atoms with Gasteiger partial charge in [-0.1, -0.05) is 12.1 Å². The van der Waals surface area contributed by atoms with Crippen LogP contribution in [-0.2, 0) is 14.3 Å². The average Bonchev–Trinajstić information content (AvgIpc) is 3.08. The van der Waals surface area contributed by atoms with E-state index in [0.29, 0.717) is 35.8 Å². The maximum atomic E-state index is 13.2. The molecule has 1 unspecified atom stereocenters. The number of aliphatic hydroxyl groups excluding tert-OH is 1. The minimum absolute atomic E-state index is 0.0122. The third-order valence-electron chi connectivity index (χ3n) is 6.06. The van der Waals surface area contributed by atoms with E-state index in [-0.39, 0.29) is 30.6 Å². The summed E-state index contributed by atoms with van der Waals surface area (Å²) in [5.41, 5.74) is 1.97. The minimum atomic E-state index is -0.768. The number of amides is 1. The number of aliphatic hydroxyl groups is 1. The van der Waals surface area contributed by atoms with Crippen molar-refractivity contribution in [3.63, 3.8) is 0 Å². The number of hydrogen-bond donors (Lipinski definition) is 1. The number of benzene rings is 2. The number of likely N-dealkylation sites (tertiary alicyclic amines) is 1. The molecule has 1 fully saturated rings. The lowest BCUT2D eigenvalue weighted by Crippen LogP contribution is -2.33. The second-order valence-electron chi connectivity index (χ2n) is 8.64. The molecule has 1 atom stereocenters. The molecule has 1 N–H and O–H groups in total. The number of likely N-dealkylation sites (N-methyl/N-ethyl adjacent to an activating group) is 1. The predicted octanol–water partition coefficient (Wildman–Crippen LogP) is 3.37. The lowest BCUT2D eigenvalue weighted by Gasteiger charge is -2.28. The molecule has 0 aliphatic carbocycles. The third kappa shape index (κ3) is 4.46. The van der Waals surface area contributed by atoms with Gasteiger partial charge in [0.05, 0.1) is 43.7 Å². The number of rotatable bonds is 7. The SMILES string of the molecule is COc1cccc(C2/C(=C(/O)c3ccc4c(c3)N(C)CCO4)C(=O)C(=O)N2CCOC(C)C)c1. The number of ketones is 1. The molecular formula is C26H30N2O6. The van der Waals surface area contributed by atoms with Crippen LogP contribution in [0.1, 0.15) is 31.0 Å². The van der Waals surface area contributed by atoms with Crippen LogP contribution in [0.25, 0.3) is 5.76 Å². The number of fused-ring (bicyclic) bond motifs is 1. The number of anilines is 1. The predicted molar refractivity (Wildman–Crippen MR) is 128 cm³/mol. The van der Waals surface area contributed by atoms with Crippen LogP contribution in [0.2, 0.25) is 0 Å². The summed E-state index contributed by atoms with van der Waals surface area (Å²) < 4.78 is 16.7. The molecule has 2 heterocycles. The second kappa shape index (κ2) is 9.77. The Morgan fingerprint density at radius 1 is 1.21 bits per heavy atom. The maximum Gasteiger partial charge on any atom is 0.295 e. The fraction of sp³-hybridized carbons (Fsp3) is 0.385. The molecule has 4 rings (SSSR count). The molecule has 2 aliphatic rings. The van der Waals surface area contributed by atoms with Crippen molar-refractivity contribution in [2.75, 3.05) is 45.4 Å². The number of ether oxygens (including phenoxy) is 3. The monoisotopic (exact) mass is 466 g/mol. The van der Waals surface area contributed by atoms with Gasteiger partial charge in [-0.3, -0.25) is 9.59 Å². The number of nitrogens with zero attached hydrogens (tertiary/aromatic N) is 2. The van der Waals surface area contributed by atoms with Gasteiger partial charge in [0.1, 0.15) is 23.9 Å². The van der Waals surface area contributed by atoms with E-state index in [1.54, 1.807) is 43.5 Å². The highest BCUT2D eigenvalue weighted by atomic mass is 16.5. The summed E-state index contributed by atoms with van der Waals surface area (Å²) in [6.45, 7) is 5.58. The molecule has 1 amide bonds. The van der Waals surface area contributed by atoms with Crippen molar-refractivity contribution in [1.82, 2.24) is 4.90 Å². The van der Waals surface area contributed by atoms with Gasteiger partial charge in [-0.05, 0) is 49.7 Å². The zero-order valence-corrected chi connectivity index (χ0v) is 19.9. The molecule has 2 aliphatic heterocycles. The summed E-state index contributed by atoms with van der Waals surface area (Å²) in [5.74, 6) is -0.312. The first-order chi connectivity index (χ1) is 16.3. The zero-order chi connectivity index (χ0) is 24.4. The molecule has 0 spiro atoms. The van der Waals surface area contributed by atoms with E-state index in [4.69, 9.17) is 14.2 Å². The lowest BCUT2D eigenvalue weighted by molar-refractivity contribution is -0.140. The van der Waals surface area contributed by atoms with Crippen molar-refractivity contribution in [2.24, 2.45) is 0 Å². The van der Waals surface area contributed by atoms with Gasteiger partial charge in [-0.15, -0.1) is 0 Å². The molecule has 0 radical (unpaired) electrons. The Morgan fingerprint density at radius 2 is 2.00 bits per heavy atom. The quantitative estimate of drug-likeness (QED) is 0.380.